The minimum Gasteiger partial charge on any atom is -0.314 e. The fourth-order valence-corrected chi connectivity index (χ4v) is 1.39. The van der Waals surface area contributed by atoms with Crippen molar-refractivity contribution in [3.63, 3.8) is 0 Å². The standard InChI is InChI=1S/C6H10N4O3/c1-2-13-10-4-3(8-6(10)12)7-5(11)9-4/h3-4H,2H2,1H3,(H,8,12)(H2,7,9,11). The quantitative estimate of drug-likeness (QED) is 0.513. The van der Waals surface area contributed by atoms with Gasteiger partial charge in [0.1, 0.15) is 6.17 Å². The minimum atomic E-state index is -0.444. The highest BCUT2D eigenvalue weighted by atomic mass is 16.7. The summed E-state index contributed by atoms with van der Waals surface area (Å²) in [7, 11) is 0. The molecule has 0 aromatic rings. The van der Waals surface area contributed by atoms with Crippen LogP contribution in [-0.4, -0.2) is 36.1 Å². The Morgan fingerprint density at radius 1 is 1.38 bits per heavy atom. The van der Waals surface area contributed by atoms with Gasteiger partial charge in [-0.3, -0.25) is 4.84 Å². The molecular formula is C6H10N4O3. The SMILES string of the molecule is CCON1C(=O)NC2NC(=O)NC21. The van der Waals surface area contributed by atoms with Crippen molar-refractivity contribution in [1.82, 2.24) is 21.0 Å². The summed E-state index contributed by atoms with van der Waals surface area (Å²) in [6.07, 6.45) is -0.841. The summed E-state index contributed by atoms with van der Waals surface area (Å²) in [6, 6.07) is -0.649. The largest absolute Gasteiger partial charge is 0.345 e. The van der Waals surface area contributed by atoms with Crippen LogP contribution in [0.25, 0.3) is 0 Å². The smallest absolute Gasteiger partial charge is 0.314 e. The zero-order valence-electron chi connectivity index (χ0n) is 7.03. The van der Waals surface area contributed by atoms with E-state index in [2.05, 4.69) is 16.0 Å². The molecule has 2 atom stereocenters. The van der Waals surface area contributed by atoms with Crippen molar-refractivity contribution in [3.05, 3.63) is 0 Å². The highest BCUT2D eigenvalue weighted by molar-refractivity contribution is 5.84. The topological polar surface area (TPSA) is 82.7 Å². The van der Waals surface area contributed by atoms with Crippen molar-refractivity contribution in [2.75, 3.05) is 6.61 Å². The Labute approximate surface area is 74.4 Å². The van der Waals surface area contributed by atoms with Gasteiger partial charge in [0, 0.05) is 0 Å². The van der Waals surface area contributed by atoms with E-state index in [1.807, 2.05) is 0 Å². The summed E-state index contributed by atoms with van der Waals surface area (Å²) in [4.78, 5) is 27.1. The second-order valence-electron chi connectivity index (χ2n) is 2.73. The molecule has 0 saturated carbocycles. The number of carbonyl (C=O) groups is 2. The lowest BCUT2D eigenvalue weighted by molar-refractivity contribution is -0.129. The molecule has 2 unspecified atom stereocenters. The predicted molar refractivity (Wildman–Crippen MR) is 41.2 cm³/mol. The van der Waals surface area contributed by atoms with Gasteiger partial charge in [-0.25, -0.2) is 9.59 Å². The lowest BCUT2D eigenvalue weighted by Gasteiger charge is -2.18. The van der Waals surface area contributed by atoms with E-state index in [0.29, 0.717) is 6.61 Å². The number of urea groups is 2. The summed E-state index contributed by atoms with van der Waals surface area (Å²) in [5.41, 5.74) is 0. The Morgan fingerprint density at radius 2 is 2.15 bits per heavy atom. The third-order valence-electron chi connectivity index (χ3n) is 1.88. The molecule has 0 radical (unpaired) electrons. The molecule has 0 aromatic heterocycles. The van der Waals surface area contributed by atoms with E-state index in [4.69, 9.17) is 4.84 Å². The zero-order valence-corrected chi connectivity index (χ0v) is 7.03. The first-order chi connectivity index (χ1) is 6.22. The number of fused-ring (bicyclic) bond motifs is 1. The van der Waals surface area contributed by atoms with Gasteiger partial charge in [0.05, 0.1) is 6.61 Å². The molecule has 2 aliphatic heterocycles. The summed E-state index contributed by atoms with van der Waals surface area (Å²) in [5.74, 6) is 0. The monoisotopic (exact) mass is 186 g/mol. The van der Waals surface area contributed by atoms with Crippen LogP contribution in [0.3, 0.4) is 0 Å². The van der Waals surface area contributed by atoms with E-state index < -0.39 is 12.3 Å². The number of nitrogens with one attached hydrogen (secondary N) is 3. The van der Waals surface area contributed by atoms with Gasteiger partial charge in [0.15, 0.2) is 6.17 Å². The van der Waals surface area contributed by atoms with E-state index in [0.717, 1.165) is 5.06 Å². The molecule has 2 heterocycles. The lowest BCUT2D eigenvalue weighted by atomic mass is 10.4. The van der Waals surface area contributed by atoms with E-state index in [1.54, 1.807) is 6.92 Å². The number of nitrogens with zero attached hydrogens (tertiary/aromatic N) is 1. The van der Waals surface area contributed by atoms with Gasteiger partial charge < -0.3 is 16.0 Å². The molecule has 0 aromatic carbocycles. The average Bonchev–Trinajstić information content (AvgIpc) is 2.52. The van der Waals surface area contributed by atoms with Crippen molar-refractivity contribution < 1.29 is 14.4 Å². The second-order valence-corrected chi connectivity index (χ2v) is 2.73. The molecule has 2 rings (SSSR count). The van der Waals surface area contributed by atoms with Gasteiger partial charge >= 0.3 is 12.1 Å². The molecule has 2 aliphatic rings. The summed E-state index contributed by atoms with van der Waals surface area (Å²) < 4.78 is 0. The Bertz CT molecular complexity index is 256. The molecule has 7 heteroatoms. The maximum Gasteiger partial charge on any atom is 0.345 e. The van der Waals surface area contributed by atoms with Crippen molar-refractivity contribution in [3.8, 4) is 0 Å². The fourth-order valence-electron chi connectivity index (χ4n) is 1.39. The number of hydrogen-bond acceptors (Lipinski definition) is 3. The van der Waals surface area contributed by atoms with Crippen LogP contribution < -0.4 is 16.0 Å². The van der Waals surface area contributed by atoms with Crippen LogP contribution in [-0.2, 0) is 4.84 Å². The molecule has 4 amide bonds. The Kier molecular flexibility index (Phi) is 1.73. The molecule has 7 nitrogen and oxygen atoms in total. The van der Waals surface area contributed by atoms with Crippen molar-refractivity contribution >= 4 is 12.1 Å². The van der Waals surface area contributed by atoms with Crippen LogP contribution in [0.1, 0.15) is 6.92 Å². The molecule has 2 fully saturated rings. The van der Waals surface area contributed by atoms with Crippen molar-refractivity contribution in [2.45, 2.75) is 19.3 Å². The van der Waals surface area contributed by atoms with Gasteiger partial charge in [0.25, 0.3) is 0 Å². The highest BCUT2D eigenvalue weighted by Gasteiger charge is 2.46. The Morgan fingerprint density at radius 3 is 2.85 bits per heavy atom. The normalized spacial score (nSPS) is 31.0. The van der Waals surface area contributed by atoms with Crippen LogP contribution in [0.2, 0.25) is 0 Å². The first-order valence-corrected chi connectivity index (χ1v) is 4.02. The van der Waals surface area contributed by atoms with Gasteiger partial charge in [-0.05, 0) is 6.92 Å². The van der Waals surface area contributed by atoms with Crippen molar-refractivity contribution in [1.29, 1.82) is 0 Å². The molecule has 72 valence electrons. The number of amides is 4. The van der Waals surface area contributed by atoms with Crippen molar-refractivity contribution in [2.24, 2.45) is 0 Å². The molecule has 0 aliphatic carbocycles. The number of hydrogen-bond donors (Lipinski definition) is 3. The second kappa shape index (κ2) is 2.77. The number of carbonyl (C=O) groups excluding carboxylic acids is 2. The molecule has 13 heavy (non-hydrogen) atoms. The molecule has 0 bridgehead atoms. The van der Waals surface area contributed by atoms with E-state index in [-0.39, 0.29) is 12.1 Å². The van der Waals surface area contributed by atoms with Gasteiger partial charge in [0.2, 0.25) is 0 Å². The first-order valence-electron chi connectivity index (χ1n) is 4.02. The number of hydroxylamine groups is 2. The maximum absolute atomic E-state index is 11.2. The minimum absolute atomic E-state index is 0.306. The molecule has 2 saturated heterocycles. The predicted octanol–water partition coefficient (Wildman–Crippen LogP) is -1.07. The molecular weight excluding hydrogens is 176 g/mol. The van der Waals surface area contributed by atoms with Gasteiger partial charge in [-0.1, -0.05) is 0 Å². The van der Waals surface area contributed by atoms with Crippen LogP contribution in [0.4, 0.5) is 9.59 Å². The highest BCUT2D eigenvalue weighted by Crippen LogP contribution is 2.13. The first kappa shape index (κ1) is 8.11. The van der Waals surface area contributed by atoms with E-state index >= 15 is 0 Å². The Balaban J connectivity index is 2.10. The van der Waals surface area contributed by atoms with Crippen LogP contribution in [0, 0.1) is 0 Å². The molecule has 0 spiro atoms. The van der Waals surface area contributed by atoms with Gasteiger partial charge in [-0.15, -0.1) is 0 Å². The summed E-state index contributed by atoms with van der Waals surface area (Å²) >= 11 is 0. The molecule has 3 N–H and O–H groups in total. The summed E-state index contributed by atoms with van der Waals surface area (Å²) in [6.45, 7) is 2.15. The average molecular weight is 186 g/mol. The van der Waals surface area contributed by atoms with Crippen LogP contribution in [0.15, 0.2) is 0 Å². The van der Waals surface area contributed by atoms with E-state index in [1.165, 1.54) is 0 Å². The van der Waals surface area contributed by atoms with Crippen LogP contribution >= 0.6 is 0 Å². The van der Waals surface area contributed by atoms with Crippen LogP contribution in [0.5, 0.6) is 0 Å². The summed E-state index contributed by atoms with van der Waals surface area (Å²) in [5, 5.41) is 8.76. The third-order valence-corrected chi connectivity index (χ3v) is 1.88. The fraction of sp³-hybridized carbons (Fsp3) is 0.667. The van der Waals surface area contributed by atoms with E-state index in [9.17, 15) is 9.59 Å². The zero-order chi connectivity index (χ0) is 9.42. The Hall–Kier alpha value is -1.50. The maximum atomic E-state index is 11.2. The lowest BCUT2D eigenvalue weighted by Crippen LogP contribution is -2.43. The van der Waals surface area contributed by atoms with Gasteiger partial charge in [-0.2, -0.15) is 5.06 Å². The third kappa shape index (κ3) is 1.17. The number of rotatable bonds is 2.